The van der Waals surface area contributed by atoms with Gasteiger partial charge in [0, 0.05) is 6.08 Å². The Bertz CT molecular complexity index is 938. The number of ether oxygens (including phenoxy) is 1. The van der Waals surface area contributed by atoms with E-state index in [2.05, 4.69) is 42.9 Å². The SMILES string of the molecule is CC(C)(C)c1ccc(COC(=O)C=Cc2cnc3ccccc3n2)cc1. The first-order valence-electron chi connectivity index (χ1n) is 8.58. The van der Waals surface area contributed by atoms with Crippen LogP contribution in [0.5, 0.6) is 0 Å². The van der Waals surface area contributed by atoms with E-state index in [0.29, 0.717) is 5.69 Å². The molecule has 3 rings (SSSR count). The molecule has 4 heteroatoms. The van der Waals surface area contributed by atoms with Crippen LogP contribution in [0.1, 0.15) is 37.6 Å². The van der Waals surface area contributed by atoms with Gasteiger partial charge in [-0.3, -0.25) is 4.98 Å². The molecule has 0 bridgehead atoms. The maximum Gasteiger partial charge on any atom is 0.331 e. The van der Waals surface area contributed by atoms with E-state index in [1.165, 1.54) is 11.6 Å². The maximum absolute atomic E-state index is 11.9. The number of hydrogen-bond acceptors (Lipinski definition) is 4. The third-order valence-corrected chi connectivity index (χ3v) is 4.06. The van der Waals surface area contributed by atoms with Gasteiger partial charge in [-0.1, -0.05) is 57.2 Å². The Hall–Kier alpha value is -3.01. The Morgan fingerprint density at radius 1 is 1.04 bits per heavy atom. The monoisotopic (exact) mass is 346 g/mol. The van der Waals surface area contributed by atoms with Crippen molar-refractivity contribution in [2.45, 2.75) is 32.8 Å². The fraction of sp³-hybridized carbons (Fsp3) is 0.227. The van der Waals surface area contributed by atoms with Crippen LogP contribution in [0.15, 0.2) is 60.8 Å². The first-order chi connectivity index (χ1) is 12.4. The number of fused-ring (bicyclic) bond motifs is 1. The number of aromatic nitrogens is 2. The first-order valence-corrected chi connectivity index (χ1v) is 8.58. The van der Waals surface area contributed by atoms with Crippen molar-refractivity contribution in [1.29, 1.82) is 0 Å². The number of carbonyl (C=O) groups excluding carboxylic acids is 1. The molecule has 0 saturated heterocycles. The number of carbonyl (C=O) groups is 1. The minimum Gasteiger partial charge on any atom is -0.458 e. The predicted molar refractivity (Wildman–Crippen MR) is 104 cm³/mol. The van der Waals surface area contributed by atoms with Crippen LogP contribution in [0.4, 0.5) is 0 Å². The lowest BCUT2D eigenvalue weighted by molar-refractivity contribution is -0.138. The van der Waals surface area contributed by atoms with Crippen LogP contribution in [0.3, 0.4) is 0 Å². The molecule has 0 atom stereocenters. The van der Waals surface area contributed by atoms with E-state index < -0.39 is 5.97 Å². The van der Waals surface area contributed by atoms with E-state index in [-0.39, 0.29) is 12.0 Å². The second-order valence-corrected chi connectivity index (χ2v) is 7.17. The lowest BCUT2D eigenvalue weighted by atomic mass is 9.87. The average molecular weight is 346 g/mol. The van der Waals surface area contributed by atoms with Crippen molar-refractivity contribution in [2.75, 3.05) is 0 Å². The molecule has 1 heterocycles. The summed E-state index contributed by atoms with van der Waals surface area (Å²) in [6, 6.07) is 15.7. The van der Waals surface area contributed by atoms with Gasteiger partial charge in [-0.05, 0) is 34.8 Å². The van der Waals surface area contributed by atoms with Crippen LogP contribution in [0.2, 0.25) is 0 Å². The Morgan fingerprint density at radius 3 is 2.42 bits per heavy atom. The number of hydrogen-bond donors (Lipinski definition) is 0. The second kappa shape index (κ2) is 7.48. The second-order valence-electron chi connectivity index (χ2n) is 7.17. The summed E-state index contributed by atoms with van der Waals surface area (Å²) in [5, 5.41) is 0. The van der Waals surface area contributed by atoms with Crippen LogP contribution in [-0.2, 0) is 21.6 Å². The summed E-state index contributed by atoms with van der Waals surface area (Å²) in [4.78, 5) is 20.7. The van der Waals surface area contributed by atoms with Crippen LogP contribution in [0, 0.1) is 0 Å². The Balaban J connectivity index is 1.58. The molecule has 0 amide bonds. The Morgan fingerprint density at radius 2 is 1.73 bits per heavy atom. The molecule has 1 aromatic heterocycles. The lowest BCUT2D eigenvalue weighted by Gasteiger charge is -2.19. The summed E-state index contributed by atoms with van der Waals surface area (Å²) in [7, 11) is 0. The van der Waals surface area contributed by atoms with Gasteiger partial charge in [0.05, 0.1) is 22.9 Å². The zero-order valence-corrected chi connectivity index (χ0v) is 15.3. The van der Waals surface area contributed by atoms with Crippen molar-refractivity contribution in [2.24, 2.45) is 0 Å². The molecule has 0 spiro atoms. The van der Waals surface area contributed by atoms with Crippen molar-refractivity contribution < 1.29 is 9.53 Å². The summed E-state index contributed by atoms with van der Waals surface area (Å²) in [5.74, 6) is -0.403. The molecule has 2 aromatic carbocycles. The topological polar surface area (TPSA) is 52.1 Å². The highest BCUT2D eigenvalue weighted by Crippen LogP contribution is 2.22. The third kappa shape index (κ3) is 4.54. The Labute approximate surface area is 153 Å². The van der Waals surface area contributed by atoms with E-state index in [4.69, 9.17) is 4.74 Å². The molecule has 4 nitrogen and oxygen atoms in total. The molecular formula is C22H22N2O2. The summed E-state index contributed by atoms with van der Waals surface area (Å²) in [6.07, 6.45) is 4.63. The highest BCUT2D eigenvalue weighted by atomic mass is 16.5. The zero-order valence-electron chi connectivity index (χ0n) is 15.3. The van der Waals surface area contributed by atoms with Gasteiger partial charge < -0.3 is 4.74 Å². The van der Waals surface area contributed by atoms with Crippen LogP contribution >= 0.6 is 0 Å². The van der Waals surface area contributed by atoms with Gasteiger partial charge in [-0.2, -0.15) is 0 Å². The quantitative estimate of drug-likeness (QED) is 0.508. The number of esters is 1. The minimum atomic E-state index is -0.403. The molecule has 0 unspecified atom stereocenters. The van der Waals surface area contributed by atoms with Crippen molar-refractivity contribution >= 4 is 23.1 Å². The predicted octanol–water partition coefficient (Wildman–Crippen LogP) is 4.68. The lowest BCUT2D eigenvalue weighted by Crippen LogP contribution is -2.10. The molecule has 0 saturated carbocycles. The van der Waals surface area contributed by atoms with E-state index >= 15 is 0 Å². The molecule has 26 heavy (non-hydrogen) atoms. The summed E-state index contributed by atoms with van der Waals surface area (Å²) in [5.41, 5.74) is 4.56. The van der Waals surface area contributed by atoms with E-state index in [1.54, 1.807) is 12.3 Å². The van der Waals surface area contributed by atoms with Gasteiger partial charge in [0.25, 0.3) is 0 Å². The number of benzene rings is 2. The molecule has 132 valence electrons. The highest BCUT2D eigenvalue weighted by Gasteiger charge is 2.12. The Kier molecular flexibility index (Phi) is 5.12. The van der Waals surface area contributed by atoms with Crippen molar-refractivity contribution in [3.63, 3.8) is 0 Å². The van der Waals surface area contributed by atoms with Crippen molar-refractivity contribution in [3.8, 4) is 0 Å². The molecule has 0 fully saturated rings. The number of para-hydroxylation sites is 2. The van der Waals surface area contributed by atoms with E-state index in [9.17, 15) is 4.79 Å². The fourth-order valence-electron chi connectivity index (χ4n) is 2.51. The summed E-state index contributed by atoms with van der Waals surface area (Å²) in [6.45, 7) is 6.75. The molecular weight excluding hydrogens is 324 g/mol. The third-order valence-electron chi connectivity index (χ3n) is 4.06. The molecule has 0 aliphatic rings. The van der Waals surface area contributed by atoms with Gasteiger partial charge in [-0.15, -0.1) is 0 Å². The molecule has 3 aromatic rings. The van der Waals surface area contributed by atoms with Gasteiger partial charge in [0.1, 0.15) is 6.61 Å². The molecule has 0 radical (unpaired) electrons. The smallest absolute Gasteiger partial charge is 0.331 e. The standard InChI is InChI=1S/C22H22N2O2/c1-22(2,3)17-10-8-16(9-11-17)15-26-21(25)13-12-18-14-23-19-6-4-5-7-20(19)24-18/h4-14H,15H2,1-3H3. The number of rotatable bonds is 4. The van der Waals surface area contributed by atoms with E-state index in [0.717, 1.165) is 16.6 Å². The fourth-order valence-corrected chi connectivity index (χ4v) is 2.51. The highest BCUT2D eigenvalue weighted by molar-refractivity contribution is 5.87. The molecule has 0 aliphatic heterocycles. The van der Waals surface area contributed by atoms with Crippen LogP contribution in [-0.4, -0.2) is 15.9 Å². The molecule has 0 aliphatic carbocycles. The van der Waals surface area contributed by atoms with Gasteiger partial charge in [0.2, 0.25) is 0 Å². The summed E-state index contributed by atoms with van der Waals surface area (Å²) >= 11 is 0. The summed E-state index contributed by atoms with van der Waals surface area (Å²) < 4.78 is 5.29. The van der Waals surface area contributed by atoms with Crippen molar-refractivity contribution in [1.82, 2.24) is 9.97 Å². The van der Waals surface area contributed by atoms with Crippen LogP contribution in [0.25, 0.3) is 17.1 Å². The minimum absolute atomic E-state index is 0.110. The van der Waals surface area contributed by atoms with Crippen molar-refractivity contribution in [3.05, 3.63) is 77.6 Å². The zero-order chi connectivity index (χ0) is 18.6. The normalized spacial score (nSPS) is 11.8. The largest absolute Gasteiger partial charge is 0.458 e. The number of nitrogens with zero attached hydrogens (tertiary/aromatic N) is 2. The first kappa shape index (κ1) is 17.8. The van der Waals surface area contributed by atoms with Gasteiger partial charge in [-0.25, -0.2) is 9.78 Å². The molecule has 0 N–H and O–H groups in total. The average Bonchev–Trinajstić information content (AvgIpc) is 2.64. The van der Waals surface area contributed by atoms with E-state index in [1.807, 2.05) is 36.4 Å². The maximum atomic E-state index is 11.9. The van der Waals surface area contributed by atoms with Gasteiger partial charge >= 0.3 is 5.97 Å². The van der Waals surface area contributed by atoms with Gasteiger partial charge in [0.15, 0.2) is 0 Å². The van der Waals surface area contributed by atoms with Crippen LogP contribution < -0.4 is 0 Å².